The lowest BCUT2D eigenvalue weighted by atomic mass is 9.95. The average molecular weight is 644 g/mol. The van der Waals surface area contributed by atoms with Crippen LogP contribution in [0.3, 0.4) is 0 Å². The van der Waals surface area contributed by atoms with Crippen molar-refractivity contribution < 1.29 is 4.42 Å². The molecule has 2 aromatic heterocycles. The lowest BCUT2D eigenvalue weighted by Crippen LogP contribution is -2.10. The van der Waals surface area contributed by atoms with Gasteiger partial charge in [0.1, 0.15) is 11.2 Å². The van der Waals surface area contributed by atoms with Crippen LogP contribution in [0.2, 0.25) is 0 Å². The Morgan fingerprint density at radius 3 is 2.00 bits per heavy atom. The standard InChI is InChI=1S/C46H29NOS/c1-2-17-36-30(11-1)12-9-20-37(36)33-15-7-13-31(27-33)32-14-8-16-34(28-32)47(35-25-26-39-38-18-3-5-23-43(38)48-44(39)29-35)42-22-10-21-41-40-19-4-6-24-45(40)49-46(41)42/h1-29H. The topological polar surface area (TPSA) is 16.4 Å². The molecule has 0 atom stereocenters. The highest BCUT2D eigenvalue weighted by atomic mass is 32.1. The first-order chi connectivity index (χ1) is 24.3. The van der Waals surface area contributed by atoms with Gasteiger partial charge in [-0.2, -0.15) is 0 Å². The number of hydrogen-bond donors (Lipinski definition) is 0. The highest BCUT2D eigenvalue weighted by Gasteiger charge is 2.20. The Kier molecular flexibility index (Phi) is 6.39. The first kappa shape index (κ1) is 27.9. The Morgan fingerprint density at radius 2 is 1.06 bits per heavy atom. The van der Waals surface area contributed by atoms with Gasteiger partial charge in [-0.1, -0.05) is 121 Å². The van der Waals surface area contributed by atoms with Gasteiger partial charge in [0.25, 0.3) is 0 Å². The van der Waals surface area contributed by atoms with Crippen molar-refractivity contribution >= 4 is 81.3 Å². The Morgan fingerprint density at radius 1 is 0.408 bits per heavy atom. The van der Waals surface area contributed by atoms with Gasteiger partial charge >= 0.3 is 0 Å². The van der Waals surface area contributed by atoms with E-state index in [2.05, 4.69) is 169 Å². The Balaban J connectivity index is 1.16. The highest BCUT2D eigenvalue weighted by Crippen LogP contribution is 2.46. The Labute approximate surface area is 287 Å². The molecule has 0 bridgehead atoms. The summed E-state index contributed by atoms with van der Waals surface area (Å²) in [4.78, 5) is 2.39. The van der Waals surface area contributed by atoms with E-state index in [-0.39, 0.29) is 0 Å². The summed E-state index contributed by atoms with van der Waals surface area (Å²) >= 11 is 1.85. The highest BCUT2D eigenvalue weighted by molar-refractivity contribution is 7.26. The van der Waals surface area contributed by atoms with Gasteiger partial charge in [0.05, 0.1) is 10.4 Å². The fourth-order valence-corrected chi connectivity index (χ4v) is 8.56. The summed E-state index contributed by atoms with van der Waals surface area (Å²) in [5, 5.41) is 7.33. The maximum absolute atomic E-state index is 6.41. The number of hydrogen-bond acceptors (Lipinski definition) is 3. The zero-order valence-corrected chi connectivity index (χ0v) is 27.3. The number of thiophene rings is 1. The minimum Gasteiger partial charge on any atom is -0.456 e. The minimum atomic E-state index is 0.881. The molecule has 2 nitrogen and oxygen atoms in total. The summed E-state index contributed by atoms with van der Waals surface area (Å²) in [6, 6.07) is 63.3. The maximum atomic E-state index is 6.41. The largest absolute Gasteiger partial charge is 0.456 e. The zero-order chi connectivity index (χ0) is 32.3. The van der Waals surface area contributed by atoms with E-state index in [0.717, 1.165) is 44.6 Å². The van der Waals surface area contributed by atoms with Crippen molar-refractivity contribution in [1.29, 1.82) is 0 Å². The molecule has 230 valence electrons. The first-order valence-corrected chi connectivity index (χ1v) is 17.4. The molecule has 0 unspecified atom stereocenters. The van der Waals surface area contributed by atoms with Crippen molar-refractivity contribution in [1.82, 2.24) is 0 Å². The molecule has 0 aliphatic rings. The van der Waals surface area contributed by atoms with E-state index in [1.807, 2.05) is 23.5 Å². The molecule has 0 aliphatic heterocycles. The molecule has 0 saturated heterocycles. The van der Waals surface area contributed by atoms with Gasteiger partial charge in [-0.25, -0.2) is 0 Å². The third-order valence-corrected chi connectivity index (χ3v) is 10.9. The lowest BCUT2D eigenvalue weighted by Gasteiger charge is -2.26. The predicted octanol–water partition coefficient (Wildman–Crippen LogP) is 13.9. The number of benzene rings is 8. The average Bonchev–Trinajstić information content (AvgIpc) is 3.74. The van der Waals surface area contributed by atoms with E-state index >= 15 is 0 Å². The minimum absolute atomic E-state index is 0.881. The molecular formula is C46H29NOS. The van der Waals surface area contributed by atoms with Crippen LogP contribution < -0.4 is 4.90 Å². The molecule has 2 heterocycles. The molecule has 3 heteroatoms. The number of furan rings is 1. The Hall–Kier alpha value is -6.16. The number of fused-ring (bicyclic) bond motifs is 7. The van der Waals surface area contributed by atoms with Crippen molar-refractivity contribution in [2.45, 2.75) is 0 Å². The molecule has 49 heavy (non-hydrogen) atoms. The van der Waals surface area contributed by atoms with Crippen LogP contribution in [0.1, 0.15) is 0 Å². The van der Waals surface area contributed by atoms with Crippen molar-refractivity contribution in [3.05, 3.63) is 176 Å². The van der Waals surface area contributed by atoms with Crippen LogP contribution in [0.15, 0.2) is 180 Å². The van der Waals surface area contributed by atoms with Crippen LogP contribution in [0.25, 0.3) is 75.1 Å². The van der Waals surface area contributed by atoms with E-state index in [9.17, 15) is 0 Å². The second-order valence-electron chi connectivity index (χ2n) is 12.5. The second kappa shape index (κ2) is 11.2. The molecule has 10 rings (SSSR count). The summed E-state index contributed by atoms with van der Waals surface area (Å²) in [5.74, 6) is 0. The summed E-state index contributed by atoms with van der Waals surface area (Å²) in [6.07, 6.45) is 0. The monoisotopic (exact) mass is 643 g/mol. The van der Waals surface area contributed by atoms with E-state index in [1.54, 1.807) is 0 Å². The fraction of sp³-hybridized carbons (Fsp3) is 0. The first-order valence-electron chi connectivity index (χ1n) is 16.6. The van der Waals surface area contributed by atoms with Crippen LogP contribution in [0.5, 0.6) is 0 Å². The van der Waals surface area contributed by atoms with Crippen molar-refractivity contribution in [2.24, 2.45) is 0 Å². The van der Waals surface area contributed by atoms with E-state index < -0.39 is 0 Å². The number of nitrogens with zero attached hydrogens (tertiary/aromatic N) is 1. The molecule has 8 aromatic carbocycles. The van der Waals surface area contributed by atoms with Crippen molar-refractivity contribution in [3.63, 3.8) is 0 Å². The van der Waals surface area contributed by atoms with E-state index in [0.29, 0.717) is 0 Å². The second-order valence-corrected chi connectivity index (χ2v) is 13.6. The van der Waals surface area contributed by atoms with Gasteiger partial charge in [0.15, 0.2) is 0 Å². The van der Waals surface area contributed by atoms with Crippen LogP contribution in [-0.2, 0) is 0 Å². The molecular weight excluding hydrogens is 615 g/mol. The van der Waals surface area contributed by atoms with Gasteiger partial charge in [-0.3, -0.25) is 0 Å². The van der Waals surface area contributed by atoms with E-state index in [1.165, 1.54) is 47.6 Å². The van der Waals surface area contributed by atoms with Crippen LogP contribution in [0, 0.1) is 0 Å². The summed E-state index contributed by atoms with van der Waals surface area (Å²) in [7, 11) is 0. The van der Waals surface area contributed by atoms with Gasteiger partial charge in [0, 0.05) is 43.7 Å². The van der Waals surface area contributed by atoms with Gasteiger partial charge < -0.3 is 9.32 Å². The van der Waals surface area contributed by atoms with Gasteiger partial charge in [-0.15, -0.1) is 11.3 Å². The summed E-state index contributed by atoms with van der Waals surface area (Å²) in [5.41, 5.74) is 9.88. The summed E-state index contributed by atoms with van der Waals surface area (Å²) < 4.78 is 8.95. The third-order valence-electron chi connectivity index (χ3n) is 9.65. The SMILES string of the molecule is c1cc(-c2cccc(N(c3ccc4c(c3)oc3ccccc34)c3cccc4c3sc3ccccc34)c2)cc(-c2cccc3ccccc23)c1. The van der Waals surface area contributed by atoms with Crippen LogP contribution in [-0.4, -0.2) is 0 Å². The lowest BCUT2D eigenvalue weighted by molar-refractivity contribution is 0.669. The van der Waals surface area contributed by atoms with Crippen molar-refractivity contribution in [2.75, 3.05) is 4.90 Å². The molecule has 0 aliphatic carbocycles. The number of para-hydroxylation sites is 1. The third kappa shape index (κ3) is 4.62. The van der Waals surface area contributed by atoms with Crippen molar-refractivity contribution in [3.8, 4) is 22.3 Å². The molecule has 10 aromatic rings. The van der Waals surface area contributed by atoms with Crippen LogP contribution >= 0.6 is 11.3 Å². The predicted molar refractivity (Wildman–Crippen MR) is 210 cm³/mol. The molecule has 0 radical (unpaired) electrons. The zero-order valence-electron chi connectivity index (χ0n) is 26.5. The summed E-state index contributed by atoms with van der Waals surface area (Å²) in [6.45, 7) is 0. The molecule has 0 N–H and O–H groups in total. The smallest absolute Gasteiger partial charge is 0.137 e. The molecule has 0 amide bonds. The van der Waals surface area contributed by atoms with E-state index in [4.69, 9.17) is 4.42 Å². The van der Waals surface area contributed by atoms with Crippen LogP contribution in [0.4, 0.5) is 17.1 Å². The molecule has 0 fully saturated rings. The van der Waals surface area contributed by atoms with Gasteiger partial charge in [-0.05, 0) is 81.6 Å². The number of anilines is 3. The molecule has 0 spiro atoms. The van der Waals surface area contributed by atoms with Gasteiger partial charge in [0.2, 0.25) is 0 Å². The normalized spacial score (nSPS) is 11.7. The fourth-order valence-electron chi connectivity index (χ4n) is 7.36. The maximum Gasteiger partial charge on any atom is 0.137 e. The quantitative estimate of drug-likeness (QED) is 0.186. The number of rotatable bonds is 5. The Bertz CT molecular complexity index is 2850. The molecule has 0 saturated carbocycles.